The number of carbonyl (C=O) groups excluding carboxylic acids is 2. The van der Waals surface area contributed by atoms with Crippen LogP contribution in [0.15, 0.2) is 108 Å². The van der Waals surface area contributed by atoms with E-state index in [2.05, 4.69) is 5.32 Å². The number of sulfonamides is 1. The summed E-state index contributed by atoms with van der Waals surface area (Å²) in [5.41, 5.74) is 4.94. The maximum atomic E-state index is 14.7. The van der Waals surface area contributed by atoms with Crippen molar-refractivity contribution in [3.8, 4) is 0 Å². The van der Waals surface area contributed by atoms with Gasteiger partial charge in [-0.15, -0.1) is 0 Å². The van der Waals surface area contributed by atoms with Gasteiger partial charge < -0.3 is 10.2 Å². The Hall–Kier alpha value is -4.43. The number of hydrogen-bond donors (Lipinski definition) is 1. The maximum absolute atomic E-state index is 14.7. The van der Waals surface area contributed by atoms with E-state index < -0.39 is 28.5 Å². The van der Waals surface area contributed by atoms with Crippen LogP contribution in [-0.4, -0.2) is 44.3 Å². The normalized spacial score (nSPS) is 12.0. The second-order valence-corrected chi connectivity index (χ2v) is 14.0. The molecule has 7 nitrogen and oxygen atoms in total. The van der Waals surface area contributed by atoms with E-state index in [1.807, 2.05) is 101 Å². The summed E-state index contributed by atoms with van der Waals surface area (Å²) in [7, 11) is -4.15. The molecule has 0 saturated heterocycles. The highest BCUT2D eigenvalue weighted by atomic mass is 32.2. The lowest BCUT2D eigenvalue weighted by Crippen LogP contribution is -2.53. The summed E-state index contributed by atoms with van der Waals surface area (Å²) in [6, 6.07) is 30.4. The zero-order valence-electron chi connectivity index (χ0n) is 27.4. The summed E-state index contributed by atoms with van der Waals surface area (Å²) in [4.78, 5) is 30.2. The molecule has 0 aliphatic rings. The summed E-state index contributed by atoms with van der Waals surface area (Å²) in [6.45, 7) is 9.98. The molecule has 0 unspecified atom stereocenters. The van der Waals surface area contributed by atoms with Crippen LogP contribution in [-0.2, 0) is 39.0 Å². The van der Waals surface area contributed by atoms with E-state index in [4.69, 9.17) is 0 Å². The minimum Gasteiger partial charge on any atom is -0.354 e. The van der Waals surface area contributed by atoms with Crippen molar-refractivity contribution in [3.63, 3.8) is 0 Å². The molecule has 4 aromatic carbocycles. The zero-order valence-corrected chi connectivity index (χ0v) is 28.3. The van der Waals surface area contributed by atoms with Gasteiger partial charge in [0.2, 0.25) is 11.8 Å². The van der Waals surface area contributed by atoms with Gasteiger partial charge in [0.1, 0.15) is 12.6 Å². The molecule has 8 heteroatoms. The first-order valence-electron chi connectivity index (χ1n) is 15.8. The molecule has 0 radical (unpaired) electrons. The summed E-state index contributed by atoms with van der Waals surface area (Å²) < 4.78 is 29.8. The largest absolute Gasteiger partial charge is 0.354 e. The molecule has 0 bridgehead atoms. The topological polar surface area (TPSA) is 86.8 Å². The Morgan fingerprint density at radius 3 is 2.09 bits per heavy atom. The number of amides is 2. The second kappa shape index (κ2) is 15.7. The van der Waals surface area contributed by atoms with E-state index in [0.717, 1.165) is 27.8 Å². The minimum atomic E-state index is -4.15. The van der Waals surface area contributed by atoms with Gasteiger partial charge in [-0.25, -0.2) is 8.42 Å². The van der Waals surface area contributed by atoms with Gasteiger partial charge in [-0.3, -0.25) is 13.9 Å². The van der Waals surface area contributed by atoms with E-state index >= 15 is 0 Å². The Morgan fingerprint density at radius 1 is 0.783 bits per heavy atom. The standard InChI is InChI=1S/C38H45N3O4S/c1-6-33-17-10-11-18-35(33)41(46(44,45)34-21-19-29(4)20-22-34)27-37(42)40(26-32-16-12-13-30(5)23-32)36(38(43)39-25-28(2)3)24-31-14-8-7-9-15-31/h7-23,28,36H,6,24-27H2,1-5H3,(H,39,43)/t36-/m0/s1. The van der Waals surface area contributed by atoms with Crippen molar-refractivity contribution in [2.45, 2.75) is 64.9 Å². The smallest absolute Gasteiger partial charge is 0.264 e. The first-order valence-corrected chi connectivity index (χ1v) is 17.3. The van der Waals surface area contributed by atoms with E-state index in [0.29, 0.717) is 18.7 Å². The maximum Gasteiger partial charge on any atom is 0.264 e. The Labute approximate surface area is 274 Å². The molecule has 0 heterocycles. The van der Waals surface area contributed by atoms with Crippen molar-refractivity contribution in [2.75, 3.05) is 17.4 Å². The Morgan fingerprint density at radius 2 is 1.43 bits per heavy atom. The molecule has 242 valence electrons. The molecule has 4 aromatic rings. The predicted molar refractivity (Wildman–Crippen MR) is 185 cm³/mol. The first-order chi connectivity index (χ1) is 22.0. The molecule has 1 N–H and O–H groups in total. The van der Waals surface area contributed by atoms with E-state index in [-0.39, 0.29) is 29.7 Å². The number of nitrogens with zero attached hydrogens (tertiary/aromatic N) is 2. The van der Waals surface area contributed by atoms with Crippen LogP contribution >= 0.6 is 0 Å². The number of para-hydroxylation sites is 1. The molecular formula is C38H45N3O4S. The Balaban J connectivity index is 1.83. The summed E-state index contributed by atoms with van der Waals surface area (Å²) >= 11 is 0. The highest BCUT2D eigenvalue weighted by Crippen LogP contribution is 2.29. The van der Waals surface area contributed by atoms with Crippen molar-refractivity contribution in [1.82, 2.24) is 10.2 Å². The lowest BCUT2D eigenvalue weighted by atomic mass is 10.0. The van der Waals surface area contributed by atoms with Gasteiger partial charge in [0.15, 0.2) is 0 Å². The molecule has 46 heavy (non-hydrogen) atoms. The van der Waals surface area contributed by atoms with Crippen LogP contribution < -0.4 is 9.62 Å². The van der Waals surface area contributed by atoms with Crippen molar-refractivity contribution in [1.29, 1.82) is 0 Å². The van der Waals surface area contributed by atoms with Gasteiger partial charge in [-0.2, -0.15) is 0 Å². The average Bonchev–Trinajstić information content (AvgIpc) is 3.04. The van der Waals surface area contributed by atoms with Gasteiger partial charge in [0, 0.05) is 19.5 Å². The van der Waals surface area contributed by atoms with Gasteiger partial charge in [-0.05, 0) is 61.1 Å². The van der Waals surface area contributed by atoms with Crippen LogP contribution in [0.4, 0.5) is 5.69 Å². The van der Waals surface area contributed by atoms with Crippen molar-refractivity contribution >= 4 is 27.5 Å². The number of rotatable bonds is 14. The highest BCUT2D eigenvalue weighted by Gasteiger charge is 2.35. The second-order valence-electron chi connectivity index (χ2n) is 12.2. The molecule has 0 saturated carbocycles. The molecule has 1 atom stereocenters. The molecule has 4 rings (SSSR count). The first kappa shape index (κ1) is 34.4. The number of anilines is 1. The molecule has 0 fully saturated rings. The molecule has 0 aliphatic heterocycles. The van der Waals surface area contributed by atoms with Crippen molar-refractivity contribution in [3.05, 3.63) is 131 Å². The molecule has 2 amide bonds. The monoisotopic (exact) mass is 639 g/mol. The van der Waals surface area contributed by atoms with Gasteiger partial charge in [0.05, 0.1) is 10.6 Å². The number of benzene rings is 4. The predicted octanol–water partition coefficient (Wildman–Crippen LogP) is 6.47. The van der Waals surface area contributed by atoms with E-state index in [1.165, 1.54) is 4.31 Å². The summed E-state index contributed by atoms with van der Waals surface area (Å²) in [6.07, 6.45) is 0.851. The molecular weight excluding hydrogens is 595 g/mol. The lowest BCUT2D eigenvalue weighted by Gasteiger charge is -2.34. The third-order valence-electron chi connectivity index (χ3n) is 7.92. The van der Waals surface area contributed by atoms with Crippen LogP contribution in [0.25, 0.3) is 0 Å². The van der Waals surface area contributed by atoms with Crippen LogP contribution in [0, 0.1) is 19.8 Å². The third kappa shape index (κ3) is 8.85. The SMILES string of the molecule is CCc1ccccc1N(CC(=O)N(Cc1cccc(C)c1)[C@@H](Cc1ccccc1)C(=O)NCC(C)C)S(=O)(=O)c1ccc(C)cc1. The van der Waals surface area contributed by atoms with Crippen LogP contribution in [0.5, 0.6) is 0 Å². The number of hydrogen-bond acceptors (Lipinski definition) is 4. The van der Waals surface area contributed by atoms with Gasteiger partial charge in [0.25, 0.3) is 10.0 Å². The number of aryl methyl sites for hydroxylation is 3. The lowest BCUT2D eigenvalue weighted by molar-refractivity contribution is -0.140. The molecule has 0 aliphatic carbocycles. The minimum absolute atomic E-state index is 0.0950. The fraction of sp³-hybridized carbons (Fsp3) is 0.316. The van der Waals surface area contributed by atoms with Gasteiger partial charge in [-0.1, -0.05) is 117 Å². The fourth-order valence-corrected chi connectivity index (χ4v) is 6.84. The van der Waals surface area contributed by atoms with Gasteiger partial charge >= 0.3 is 0 Å². The zero-order chi connectivity index (χ0) is 33.3. The quantitative estimate of drug-likeness (QED) is 0.171. The van der Waals surface area contributed by atoms with Crippen molar-refractivity contribution < 1.29 is 18.0 Å². The Bertz CT molecular complexity index is 1720. The fourth-order valence-electron chi connectivity index (χ4n) is 5.39. The van der Waals surface area contributed by atoms with Crippen LogP contribution in [0.3, 0.4) is 0 Å². The summed E-state index contributed by atoms with van der Waals surface area (Å²) in [5.74, 6) is -0.535. The number of carbonyl (C=O) groups is 2. The molecule has 0 spiro atoms. The third-order valence-corrected chi connectivity index (χ3v) is 9.69. The molecule has 0 aromatic heterocycles. The van der Waals surface area contributed by atoms with Crippen LogP contribution in [0.2, 0.25) is 0 Å². The summed E-state index contributed by atoms with van der Waals surface area (Å²) in [5, 5.41) is 3.03. The Kier molecular flexibility index (Phi) is 11.8. The van der Waals surface area contributed by atoms with E-state index in [9.17, 15) is 18.0 Å². The highest BCUT2D eigenvalue weighted by molar-refractivity contribution is 7.92. The van der Waals surface area contributed by atoms with E-state index in [1.54, 1.807) is 41.3 Å². The van der Waals surface area contributed by atoms with Crippen LogP contribution in [0.1, 0.15) is 48.6 Å². The average molecular weight is 640 g/mol. The number of nitrogens with one attached hydrogen (secondary N) is 1. The van der Waals surface area contributed by atoms with Crippen molar-refractivity contribution in [2.24, 2.45) is 5.92 Å².